The molecule has 5 heteroatoms. The number of nitro benzene ring substituents is 1. The van der Waals surface area contributed by atoms with Gasteiger partial charge in [0.25, 0.3) is 5.69 Å². The van der Waals surface area contributed by atoms with E-state index in [1.54, 1.807) is 12.1 Å². The van der Waals surface area contributed by atoms with Crippen molar-refractivity contribution >= 4 is 11.4 Å². The summed E-state index contributed by atoms with van der Waals surface area (Å²) in [6, 6.07) is 6.36. The third-order valence-corrected chi connectivity index (χ3v) is 3.60. The number of non-ortho nitro benzene ring substituents is 1. The van der Waals surface area contributed by atoms with Gasteiger partial charge in [-0.25, -0.2) is 0 Å². The molecule has 98 valence electrons. The molecule has 1 aliphatic carbocycles. The molecule has 0 spiro atoms. The zero-order chi connectivity index (χ0) is 13.0. The maximum Gasteiger partial charge on any atom is 0.269 e. The molecular weight excluding hydrogens is 232 g/mol. The van der Waals surface area contributed by atoms with Crippen LogP contribution in [0.5, 0.6) is 0 Å². The lowest BCUT2D eigenvalue weighted by Crippen LogP contribution is -2.43. The summed E-state index contributed by atoms with van der Waals surface area (Å²) in [7, 11) is 0. The van der Waals surface area contributed by atoms with Crippen LogP contribution in [-0.4, -0.2) is 22.2 Å². The van der Waals surface area contributed by atoms with Crippen molar-refractivity contribution in [3.05, 3.63) is 34.4 Å². The van der Waals surface area contributed by atoms with Crippen molar-refractivity contribution in [1.82, 2.24) is 0 Å². The standard InChI is InChI=1S/C13H18N2O3/c16-10-13(8-2-1-3-9-13)14-11-4-6-12(7-5-11)15(17)18/h4-7,14,16H,1-3,8-10H2. The summed E-state index contributed by atoms with van der Waals surface area (Å²) in [5, 5.41) is 23.5. The van der Waals surface area contributed by atoms with Gasteiger partial charge in [-0.1, -0.05) is 19.3 Å². The van der Waals surface area contributed by atoms with Gasteiger partial charge < -0.3 is 10.4 Å². The fourth-order valence-corrected chi connectivity index (χ4v) is 2.52. The van der Waals surface area contributed by atoms with Gasteiger partial charge in [0.15, 0.2) is 0 Å². The lowest BCUT2D eigenvalue weighted by atomic mass is 9.82. The third-order valence-electron chi connectivity index (χ3n) is 3.60. The maximum atomic E-state index is 10.6. The predicted octanol–water partition coefficient (Wildman–Crippen LogP) is 2.70. The number of aliphatic hydroxyl groups is 1. The Morgan fingerprint density at radius 1 is 1.22 bits per heavy atom. The molecule has 1 saturated carbocycles. The van der Waals surface area contributed by atoms with Crippen LogP contribution in [0.3, 0.4) is 0 Å². The molecule has 5 nitrogen and oxygen atoms in total. The van der Waals surface area contributed by atoms with Gasteiger partial charge in [0.2, 0.25) is 0 Å². The van der Waals surface area contributed by atoms with E-state index in [2.05, 4.69) is 5.32 Å². The lowest BCUT2D eigenvalue weighted by Gasteiger charge is -2.37. The van der Waals surface area contributed by atoms with Crippen LogP contribution in [0.4, 0.5) is 11.4 Å². The van der Waals surface area contributed by atoms with Crippen molar-refractivity contribution in [2.45, 2.75) is 37.6 Å². The van der Waals surface area contributed by atoms with Gasteiger partial charge in [-0.05, 0) is 25.0 Å². The van der Waals surface area contributed by atoms with E-state index in [0.29, 0.717) is 0 Å². The zero-order valence-electron chi connectivity index (χ0n) is 10.3. The van der Waals surface area contributed by atoms with E-state index in [-0.39, 0.29) is 17.8 Å². The summed E-state index contributed by atoms with van der Waals surface area (Å²) in [6.45, 7) is 0.101. The Hall–Kier alpha value is -1.62. The first-order valence-electron chi connectivity index (χ1n) is 6.29. The molecule has 2 rings (SSSR count). The summed E-state index contributed by atoms with van der Waals surface area (Å²) < 4.78 is 0. The monoisotopic (exact) mass is 250 g/mol. The van der Waals surface area contributed by atoms with Gasteiger partial charge in [-0.3, -0.25) is 10.1 Å². The Morgan fingerprint density at radius 2 is 1.83 bits per heavy atom. The fourth-order valence-electron chi connectivity index (χ4n) is 2.52. The molecule has 1 aliphatic rings. The summed E-state index contributed by atoms with van der Waals surface area (Å²) in [4.78, 5) is 10.2. The van der Waals surface area contributed by atoms with Crippen LogP contribution in [0.25, 0.3) is 0 Å². The molecule has 0 aromatic heterocycles. The van der Waals surface area contributed by atoms with E-state index in [1.165, 1.54) is 18.6 Å². The van der Waals surface area contributed by atoms with E-state index in [9.17, 15) is 15.2 Å². The molecule has 1 fully saturated rings. The van der Waals surface area contributed by atoms with Crippen molar-refractivity contribution in [3.63, 3.8) is 0 Å². The highest BCUT2D eigenvalue weighted by Gasteiger charge is 2.31. The average molecular weight is 250 g/mol. The number of rotatable bonds is 4. The molecule has 0 heterocycles. The fraction of sp³-hybridized carbons (Fsp3) is 0.538. The van der Waals surface area contributed by atoms with Crippen molar-refractivity contribution in [3.8, 4) is 0 Å². The highest BCUT2D eigenvalue weighted by atomic mass is 16.6. The van der Waals surface area contributed by atoms with Crippen LogP contribution in [0.15, 0.2) is 24.3 Å². The lowest BCUT2D eigenvalue weighted by molar-refractivity contribution is -0.384. The van der Waals surface area contributed by atoms with Gasteiger partial charge in [0, 0.05) is 17.8 Å². The number of nitro groups is 1. The first kappa shape index (κ1) is 12.8. The summed E-state index contributed by atoms with van der Waals surface area (Å²) in [5.74, 6) is 0. The van der Waals surface area contributed by atoms with Crippen LogP contribution in [0.1, 0.15) is 32.1 Å². The molecule has 0 radical (unpaired) electrons. The predicted molar refractivity (Wildman–Crippen MR) is 69.6 cm³/mol. The number of anilines is 1. The molecule has 0 bridgehead atoms. The minimum atomic E-state index is -0.411. The second-order valence-corrected chi connectivity index (χ2v) is 4.93. The quantitative estimate of drug-likeness (QED) is 0.636. The summed E-state index contributed by atoms with van der Waals surface area (Å²) >= 11 is 0. The second-order valence-electron chi connectivity index (χ2n) is 4.93. The Labute approximate surface area is 106 Å². The number of hydrogen-bond donors (Lipinski definition) is 2. The molecular formula is C13H18N2O3. The first-order valence-corrected chi connectivity index (χ1v) is 6.29. The number of hydrogen-bond acceptors (Lipinski definition) is 4. The van der Waals surface area contributed by atoms with E-state index in [4.69, 9.17) is 0 Å². The van der Waals surface area contributed by atoms with E-state index < -0.39 is 4.92 Å². The van der Waals surface area contributed by atoms with E-state index in [0.717, 1.165) is 31.4 Å². The van der Waals surface area contributed by atoms with Crippen LogP contribution < -0.4 is 5.32 Å². The minimum absolute atomic E-state index is 0.0854. The highest BCUT2D eigenvalue weighted by Crippen LogP contribution is 2.31. The van der Waals surface area contributed by atoms with Gasteiger partial charge in [-0.15, -0.1) is 0 Å². The van der Waals surface area contributed by atoms with Crippen molar-refractivity contribution in [2.24, 2.45) is 0 Å². The third kappa shape index (κ3) is 2.79. The van der Waals surface area contributed by atoms with E-state index >= 15 is 0 Å². The minimum Gasteiger partial charge on any atom is -0.394 e. The van der Waals surface area contributed by atoms with Crippen LogP contribution in [-0.2, 0) is 0 Å². The Bertz CT molecular complexity index is 411. The van der Waals surface area contributed by atoms with Crippen molar-refractivity contribution in [1.29, 1.82) is 0 Å². The Kier molecular flexibility index (Phi) is 3.81. The molecule has 18 heavy (non-hydrogen) atoms. The van der Waals surface area contributed by atoms with Crippen LogP contribution in [0.2, 0.25) is 0 Å². The molecule has 0 unspecified atom stereocenters. The van der Waals surface area contributed by atoms with E-state index in [1.807, 2.05) is 0 Å². The van der Waals surface area contributed by atoms with Gasteiger partial charge >= 0.3 is 0 Å². The number of benzene rings is 1. The Balaban J connectivity index is 2.09. The number of nitrogens with zero attached hydrogens (tertiary/aromatic N) is 1. The van der Waals surface area contributed by atoms with Gasteiger partial charge in [0.05, 0.1) is 17.1 Å². The normalized spacial score (nSPS) is 18.3. The number of aliphatic hydroxyl groups excluding tert-OH is 1. The van der Waals surface area contributed by atoms with Crippen LogP contribution in [0, 0.1) is 10.1 Å². The zero-order valence-corrected chi connectivity index (χ0v) is 10.3. The highest BCUT2D eigenvalue weighted by molar-refractivity contribution is 5.50. The largest absolute Gasteiger partial charge is 0.394 e. The Morgan fingerprint density at radius 3 is 2.33 bits per heavy atom. The van der Waals surface area contributed by atoms with Crippen LogP contribution >= 0.6 is 0 Å². The first-order chi connectivity index (χ1) is 8.65. The topological polar surface area (TPSA) is 75.4 Å². The van der Waals surface area contributed by atoms with Crippen molar-refractivity contribution in [2.75, 3.05) is 11.9 Å². The molecule has 2 N–H and O–H groups in total. The second kappa shape index (κ2) is 5.35. The molecule has 0 atom stereocenters. The molecule has 0 aliphatic heterocycles. The smallest absolute Gasteiger partial charge is 0.269 e. The average Bonchev–Trinajstić information content (AvgIpc) is 2.40. The molecule has 1 aromatic rings. The SMILES string of the molecule is O=[N+]([O-])c1ccc(NC2(CO)CCCCC2)cc1. The molecule has 0 saturated heterocycles. The maximum absolute atomic E-state index is 10.6. The molecule has 0 amide bonds. The molecule has 1 aromatic carbocycles. The number of nitrogens with one attached hydrogen (secondary N) is 1. The van der Waals surface area contributed by atoms with Crippen molar-refractivity contribution < 1.29 is 10.0 Å². The summed E-state index contributed by atoms with van der Waals surface area (Å²) in [5.41, 5.74) is 0.660. The van der Waals surface area contributed by atoms with Gasteiger partial charge in [-0.2, -0.15) is 0 Å². The van der Waals surface area contributed by atoms with Gasteiger partial charge in [0.1, 0.15) is 0 Å². The summed E-state index contributed by atoms with van der Waals surface area (Å²) in [6.07, 6.45) is 5.33.